The molecule has 3 heteroatoms. The summed E-state index contributed by atoms with van der Waals surface area (Å²) in [5.41, 5.74) is 0. The lowest BCUT2D eigenvalue weighted by Crippen LogP contribution is -2.21. The second kappa shape index (κ2) is 7.93. The first-order valence-corrected chi connectivity index (χ1v) is 7.71. The molecule has 1 unspecified atom stereocenters. The highest BCUT2D eigenvalue weighted by Gasteiger charge is 2.07. The summed E-state index contributed by atoms with van der Waals surface area (Å²) in [6, 6.07) is 4.92. The van der Waals surface area contributed by atoms with Crippen LogP contribution in [-0.2, 0) is 17.9 Å². The van der Waals surface area contributed by atoms with Crippen LogP contribution in [0.4, 0.5) is 0 Å². The summed E-state index contributed by atoms with van der Waals surface area (Å²) in [6.07, 6.45) is 1.48. The summed E-state index contributed by atoms with van der Waals surface area (Å²) in [5, 5.41) is 3.44. The van der Waals surface area contributed by atoms with E-state index in [9.17, 15) is 0 Å². The van der Waals surface area contributed by atoms with Crippen molar-refractivity contribution < 1.29 is 4.74 Å². The maximum absolute atomic E-state index is 5.87. The molecule has 1 atom stereocenters. The van der Waals surface area contributed by atoms with Gasteiger partial charge in [-0.15, -0.1) is 11.3 Å². The van der Waals surface area contributed by atoms with Gasteiger partial charge in [-0.3, -0.25) is 0 Å². The minimum atomic E-state index is 0.351. The molecule has 0 aliphatic rings. The maximum atomic E-state index is 5.87. The van der Waals surface area contributed by atoms with Crippen molar-refractivity contribution in [3.8, 4) is 0 Å². The molecule has 0 saturated carbocycles. The highest BCUT2D eigenvalue weighted by atomic mass is 32.1. The normalized spacial score (nSPS) is 13.5. The average molecular weight is 269 g/mol. The lowest BCUT2D eigenvalue weighted by Gasteiger charge is -2.14. The fourth-order valence-corrected chi connectivity index (χ4v) is 2.75. The van der Waals surface area contributed by atoms with Crippen molar-refractivity contribution in [3.05, 3.63) is 21.9 Å². The molecular formula is C15H27NOS. The van der Waals surface area contributed by atoms with Gasteiger partial charge in [0.2, 0.25) is 0 Å². The monoisotopic (exact) mass is 269 g/mol. The number of hydrogen-bond acceptors (Lipinski definition) is 3. The molecule has 1 heterocycles. The van der Waals surface area contributed by atoms with Gasteiger partial charge < -0.3 is 10.1 Å². The molecule has 0 saturated heterocycles. The number of ether oxygens (including phenoxy) is 1. The molecule has 104 valence electrons. The summed E-state index contributed by atoms with van der Waals surface area (Å²) in [6.45, 7) is 12.7. The van der Waals surface area contributed by atoms with Crippen LogP contribution in [0.3, 0.4) is 0 Å². The van der Waals surface area contributed by atoms with Gasteiger partial charge in [0.25, 0.3) is 0 Å². The zero-order chi connectivity index (χ0) is 13.5. The van der Waals surface area contributed by atoms with Crippen molar-refractivity contribution in [1.82, 2.24) is 5.32 Å². The van der Waals surface area contributed by atoms with E-state index in [-0.39, 0.29) is 0 Å². The Bertz CT molecular complexity index is 333. The van der Waals surface area contributed by atoms with E-state index in [0.29, 0.717) is 18.1 Å². The molecule has 0 aromatic carbocycles. The van der Waals surface area contributed by atoms with Crippen LogP contribution >= 0.6 is 11.3 Å². The smallest absolute Gasteiger partial charge is 0.0813 e. The van der Waals surface area contributed by atoms with Gasteiger partial charge in [0, 0.05) is 22.3 Å². The van der Waals surface area contributed by atoms with E-state index in [1.165, 1.54) is 9.75 Å². The average Bonchev–Trinajstić information content (AvgIpc) is 2.70. The first kappa shape index (κ1) is 15.7. The Morgan fingerprint density at radius 1 is 1.11 bits per heavy atom. The predicted octanol–water partition coefficient (Wildman–Crippen LogP) is 4.20. The van der Waals surface area contributed by atoms with E-state index in [1.807, 2.05) is 11.3 Å². The highest BCUT2D eigenvalue weighted by molar-refractivity contribution is 7.11. The molecule has 2 nitrogen and oxygen atoms in total. The first-order chi connectivity index (χ1) is 8.47. The number of thiophene rings is 1. The Morgan fingerprint density at radius 3 is 2.39 bits per heavy atom. The first-order valence-electron chi connectivity index (χ1n) is 6.90. The number of hydrogen-bond donors (Lipinski definition) is 1. The van der Waals surface area contributed by atoms with Gasteiger partial charge in [-0.1, -0.05) is 27.7 Å². The summed E-state index contributed by atoms with van der Waals surface area (Å²) in [4.78, 5) is 2.71. The zero-order valence-corrected chi connectivity index (χ0v) is 13.1. The Balaban J connectivity index is 2.30. The van der Waals surface area contributed by atoms with Crippen LogP contribution in [0.5, 0.6) is 0 Å². The van der Waals surface area contributed by atoms with Crippen LogP contribution in [0, 0.1) is 5.92 Å². The molecule has 1 rings (SSSR count). The molecule has 0 fully saturated rings. The van der Waals surface area contributed by atoms with Gasteiger partial charge in [0.15, 0.2) is 0 Å². The third-order valence-corrected chi connectivity index (χ3v) is 3.77. The van der Waals surface area contributed by atoms with Crippen LogP contribution in [-0.4, -0.2) is 12.1 Å². The van der Waals surface area contributed by atoms with Crippen molar-refractivity contribution in [2.45, 2.75) is 66.3 Å². The van der Waals surface area contributed by atoms with Crippen LogP contribution in [0.25, 0.3) is 0 Å². The van der Waals surface area contributed by atoms with Crippen molar-refractivity contribution >= 4 is 11.3 Å². The number of rotatable bonds is 8. The van der Waals surface area contributed by atoms with E-state index in [2.05, 4.69) is 52.1 Å². The molecule has 0 bridgehead atoms. The van der Waals surface area contributed by atoms with Crippen LogP contribution < -0.4 is 5.32 Å². The van der Waals surface area contributed by atoms with Crippen molar-refractivity contribution in [2.75, 3.05) is 0 Å². The Labute approximate surface area is 116 Å². The number of nitrogens with one attached hydrogen (secondary N) is 1. The lowest BCUT2D eigenvalue weighted by molar-refractivity contribution is 0.0412. The van der Waals surface area contributed by atoms with E-state index in [1.54, 1.807) is 0 Å². The van der Waals surface area contributed by atoms with Crippen molar-refractivity contribution in [1.29, 1.82) is 0 Å². The largest absolute Gasteiger partial charge is 0.373 e. The third kappa shape index (κ3) is 6.53. The Hall–Kier alpha value is -0.380. The van der Waals surface area contributed by atoms with E-state index < -0.39 is 0 Å². The SMILES string of the molecule is CC(C)CC(C)OCc1ccc(CNC(C)C)s1. The second-order valence-electron chi connectivity index (χ2n) is 5.65. The van der Waals surface area contributed by atoms with E-state index in [0.717, 1.165) is 19.6 Å². The summed E-state index contributed by atoms with van der Waals surface area (Å²) >= 11 is 1.85. The van der Waals surface area contributed by atoms with Gasteiger partial charge in [0.1, 0.15) is 0 Å². The Kier molecular flexibility index (Phi) is 6.90. The summed E-state index contributed by atoms with van der Waals surface area (Å²) in [5.74, 6) is 0.703. The minimum absolute atomic E-state index is 0.351. The van der Waals surface area contributed by atoms with Crippen LogP contribution in [0.15, 0.2) is 12.1 Å². The molecule has 0 amide bonds. The maximum Gasteiger partial charge on any atom is 0.0813 e. The highest BCUT2D eigenvalue weighted by Crippen LogP contribution is 2.19. The van der Waals surface area contributed by atoms with Gasteiger partial charge in [0.05, 0.1) is 12.7 Å². The fraction of sp³-hybridized carbons (Fsp3) is 0.733. The van der Waals surface area contributed by atoms with Gasteiger partial charge in [-0.2, -0.15) is 0 Å². The molecule has 1 N–H and O–H groups in total. The molecule has 1 aromatic heterocycles. The summed E-state index contributed by atoms with van der Waals surface area (Å²) < 4.78 is 5.87. The molecule has 0 aliphatic carbocycles. The van der Waals surface area contributed by atoms with Crippen molar-refractivity contribution in [2.24, 2.45) is 5.92 Å². The molecule has 0 radical (unpaired) electrons. The predicted molar refractivity (Wildman–Crippen MR) is 80.0 cm³/mol. The van der Waals surface area contributed by atoms with E-state index >= 15 is 0 Å². The van der Waals surface area contributed by atoms with Gasteiger partial charge in [-0.05, 0) is 31.4 Å². The third-order valence-electron chi connectivity index (χ3n) is 2.72. The fourth-order valence-electron chi connectivity index (χ4n) is 1.86. The van der Waals surface area contributed by atoms with Crippen LogP contribution in [0.2, 0.25) is 0 Å². The summed E-state index contributed by atoms with van der Waals surface area (Å²) in [7, 11) is 0. The molecule has 0 spiro atoms. The molecular weight excluding hydrogens is 242 g/mol. The van der Waals surface area contributed by atoms with Gasteiger partial charge >= 0.3 is 0 Å². The zero-order valence-electron chi connectivity index (χ0n) is 12.3. The standard InChI is InChI=1S/C15H27NOS/c1-11(2)8-13(5)17-10-15-7-6-14(18-15)9-16-12(3)4/h6-7,11-13,16H,8-10H2,1-5H3. The second-order valence-corrected chi connectivity index (χ2v) is 6.91. The van der Waals surface area contributed by atoms with Crippen LogP contribution in [0.1, 0.15) is 50.8 Å². The molecule has 0 aliphatic heterocycles. The van der Waals surface area contributed by atoms with Crippen molar-refractivity contribution in [3.63, 3.8) is 0 Å². The minimum Gasteiger partial charge on any atom is -0.373 e. The van der Waals surface area contributed by atoms with E-state index in [4.69, 9.17) is 4.74 Å². The molecule has 18 heavy (non-hydrogen) atoms. The quantitative estimate of drug-likeness (QED) is 0.764. The molecule has 1 aromatic rings. The lowest BCUT2D eigenvalue weighted by atomic mass is 10.1. The van der Waals surface area contributed by atoms with Gasteiger partial charge in [-0.25, -0.2) is 0 Å². The Morgan fingerprint density at radius 2 is 1.78 bits per heavy atom. The topological polar surface area (TPSA) is 21.3 Å².